The molecule has 206 valence electrons. The van der Waals surface area contributed by atoms with Crippen LogP contribution < -0.4 is 11.2 Å². The fourth-order valence-corrected chi connectivity index (χ4v) is 4.81. The van der Waals surface area contributed by atoms with Gasteiger partial charge in [-0.25, -0.2) is 15.9 Å². The van der Waals surface area contributed by atoms with Gasteiger partial charge >= 0.3 is 5.97 Å². The highest BCUT2D eigenvalue weighted by Gasteiger charge is 2.18. The molecule has 4 aromatic rings. The molecule has 3 heterocycles. The summed E-state index contributed by atoms with van der Waals surface area (Å²) in [6.45, 7) is 7.79. The van der Waals surface area contributed by atoms with Gasteiger partial charge in [0.1, 0.15) is 17.8 Å². The Morgan fingerprint density at radius 3 is 2.44 bits per heavy atom. The van der Waals surface area contributed by atoms with Crippen molar-refractivity contribution in [3.63, 3.8) is 0 Å². The monoisotopic (exact) mass is 531 g/mol. The highest BCUT2D eigenvalue weighted by molar-refractivity contribution is 5.91. The van der Waals surface area contributed by atoms with E-state index in [0.29, 0.717) is 6.42 Å². The molecule has 0 unspecified atom stereocenters. The van der Waals surface area contributed by atoms with E-state index in [2.05, 4.69) is 97.5 Å². The van der Waals surface area contributed by atoms with Crippen LogP contribution in [0.1, 0.15) is 30.5 Å². The molecular formula is C29H37N7O3. The standard InChI is InChI=1S/C29H34N6O2.H3NO/c1-21(23-6-4-3-5-7-23)32-28-25-18-26(33-29(25)31-20-30-28)24-10-8-22(9-11-24)19-35-16-14-34(15-17-35)13-12-27(36)37-2;1-2/h3-11,18,20-21H,12-17,19H2,1-2H3,(H2,30,31,32,33);2H,1H2/t21-;/m1./s1. The average molecular weight is 532 g/mol. The Bertz CT molecular complexity index is 1320. The molecule has 1 aliphatic heterocycles. The summed E-state index contributed by atoms with van der Waals surface area (Å²) < 4.78 is 4.75. The van der Waals surface area contributed by atoms with Crippen LogP contribution in [0.2, 0.25) is 0 Å². The second-order valence-electron chi connectivity index (χ2n) is 9.59. The summed E-state index contributed by atoms with van der Waals surface area (Å²) in [6.07, 6.45) is 2.06. The number of hydrogen-bond donors (Lipinski definition) is 4. The largest absolute Gasteiger partial charge is 0.469 e. The summed E-state index contributed by atoms with van der Waals surface area (Å²) in [5.41, 5.74) is 5.47. The number of nitrogens with two attached hydrogens (primary N) is 1. The Morgan fingerprint density at radius 1 is 1.05 bits per heavy atom. The normalized spacial score (nSPS) is 14.9. The number of hydrogen-bond acceptors (Lipinski definition) is 9. The maximum atomic E-state index is 11.4. The van der Waals surface area contributed by atoms with E-state index in [9.17, 15) is 4.79 Å². The van der Waals surface area contributed by atoms with Gasteiger partial charge in [0.25, 0.3) is 0 Å². The van der Waals surface area contributed by atoms with Gasteiger partial charge in [0.2, 0.25) is 0 Å². The van der Waals surface area contributed by atoms with Crippen molar-refractivity contribution < 1.29 is 14.7 Å². The number of nitrogens with one attached hydrogen (secondary N) is 2. The molecular weight excluding hydrogens is 494 g/mol. The molecule has 10 heteroatoms. The minimum absolute atomic E-state index is 0.131. The number of ether oxygens (including phenoxy) is 1. The van der Waals surface area contributed by atoms with E-state index in [-0.39, 0.29) is 12.0 Å². The summed E-state index contributed by atoms with van der Waals surface area (Å²) in [6, 6.07) is 21.3. The number of fused-ring (bicyclic) bond motifs is 1. The lowest BCUT2D eigenvalue weighted by Crippen LogP contribution is -2.46. The molecule has 0 amide bonds. The third kappa shape index (κ3) is 7.39. The van der Waals surface area contributed by atoms with Gasteiger partial charge in [0.05, 0.1) is 18.9 Å². The van der Waals surface area contributed by atoms with Crippen LogP contribution in [0, 0.1) is 0 Å². The molecule has 0 radical (unpaired) electrons. The summed E-state index contributed by atoms with van der Waals surface area (Å²) in [4.78, 5) is 28.6. The maximum Gasteiger partial charge on any atom is 0.306 e. The van der Waals surface area contributed by atoms with Crippen LogP contribution in [0.5, 0.6) is 0 Å². The molecule has 2 aromatic carbocycles. The van der Waals surface area contributed by atoms with Gasteiger partial charge in [-0.3, -0.25) is 9.69 Å². The van der Waals surface area contributed by atoms with Crippen molar-refractivity contribution in [1.82, 2.24) is 24.8 Å². The Balaban J connectivity index is 0.00000172. The van der Waals surface area contributed by atoms with Gasteiger partial charge < -0.3 is 25.1 Å². The van der Waals surface area contributed by atoms with Crippen molar-refractivity contribution in [2.45, 2.75) is 25.9 Å². The first kappa shape index (κ1) is 28.2. The smallest absolute Gasteiger partial charge is 0.306 e. The Morgan fingerprint density at radius 2 is 1.74 bits per heavy atom. The molecule has 1 aliphatic rings. The number of carbonyl (C=O) groups is 1. The Kier molecular flexibility index (Phi) is 9.98. The topological polar surface area (TPSA) is 133 Å². The number of esters is 1. The lowest BCUT2D eigenvalue weighted by atomic mass is 10.1. The molecule has 0 saturated carbocycles. The van der Waals surface area contributed by atoms with Crippen LogP contribution in [-0.4, -0.2) is 75.8 Å². The van der Waals surface area contributed by atoms with Gasteiger partial charge in [0, 0.05) is 51.0 Å². The first-order valence-corrected chi connectivity index (χ1v) is 13.1. The van der Waals surface area contributed by atoms with Crippen molar-refractivity contribution in [2.75, 3.05) is 45.2 Å². The first-order valence-electron chi connectivity index (χ1n) is 13.1. The van der Waals surface area contributed by atoms with E-state index in [0.717, 1.165) is 67.4 Å². The van der Waals surface area contributed by atoms with Gasteiger partial charge in [0.15, 0.2) is 0 Å². The van der Waals surface area contributed by atoms with Crippen molar-refractivity contribution in [1.29, 1.82) is 0 Å². The summed E-state index contributed by atoms with van der Waals surface area (Å²) >= 11 is 0. The van der Waals surface area contributed by atoms with Crippen molar-refractivity contribution >= 4 is 22.8 Å². The average Bonchev–Trinajstić information content (AvgIpc) is 3.44. The molecule has 1 saturated heterocycles. The Labute approximate surface area is 228 Å². The van der Waals surface area contributed by atoms with E-state index in [4.69, 9.17) is 9.94 Å². The van der Waals surface area contributed by atoms with Crippen molar-refractivity contribution in [2.24, 2.45) is 5.90 Å². The van der Waals surface area contributed by atoms with Crippen LogP contribution in [0.15, 0.2) is 67.0 Å². The summed E-state index contributed by atoms with van der Waals surface area (Å²) in [5, 5.41) is 11.0. The minimum Gasteiger partial charge on any atom is -0.469 e. The lowest BCUT2D eigenvalue weighted by molar-refractivity contribution is -0.141. The molecule has 1 atom stereocenters. The van der Waals surface area contributed by atoms with Crippen LogP contribution in [0.4, 0.5) is 5.82 Å². The van der Waals surface area contributed by atoms with Gasteiger partial charge in [-0.05, 0) is 29.7 Å². The molecule has 5 rings (SSSR count). The van der Waals surface area contributed by atoms with Crippen molar-refractivity contribution in [3.8, 4) is 11.3 Å². The number of carbonyl (C=O) groups excluding carboxylic acids is 1. The molecule has 5 N–H and O–H groups in total. The number of methoxy groups -OCH3 is 1. The predicted octanol–water partition coefficient (Wildman–Crippen LogP) is 3.81. The van der Waals surface area contributed by atoms with Gasteiger partial charge in [-0.15, -0.1) is 0 Å². The number of aromatic nitrogens is 3. The zero-order valence-corrected chi connectivity index (χ0v) is 22.5. The fourth-order valence-electron chi connectivity index (χ4n) is 4.81. The van der Waals surface area contributed by atoms with E-state index in [1.165, 1.54) is 18.2 Å². The van der Waals surface area contributed by atoms with Crippen LogP contribution >= 0.6 is 0 Å². The lowest BCUT2D eigenvalue weighted by Gasteiger charge is -2.34. The van der Waals surface area contributed by atoms with E-state index in [1.807, 2.05) is 6.07 Å². The zero-order valence-electron chi connectivity index (χ0n) is 22.5. The van der Waals surface area contributed by atoms with E-state index >= 15 is 0 Å². The fraction of sp³-hybridized carbons (Fsp3) is 0.345. The van der Waals surface area contributed by atoms with Crippen LogP contribution in [-0.2, 0) is 16.1 Å². The molecule has 39 heavy (non-hydrogen) atoms. The van der Waals surface area contributed by atoms with E-state index in [1.54, 1.807) is 6.33 Å². The second-order valence-corrected chi connectivity index (χ2v) is 9.59. The zero-order chi connectivity index (χ0) is 27.6. The number of nitrogens with zero attached hydrogens (tertiary/aromatic N) is 4. The summed E-state index contributed by atoms with van der Waals surface area (Å²) in [5.74, 6) is 4.19. The molecule has 0 bridgehead atoms. The number of benzene rings is 2. The first-order chi connectivity index (χ1) is 19.1. The van der Waals surface area contributed by atoms with Gasteiger partial charge in [-0.1, -0.05) is 54.6 Å². The number of rotatable bonds is 9. The molecule has 0 aliphatic carbocycles. The maximum absolute atomic E-state index is 11.4. The predicted molar refractivity (Wildman–Crippen MR) is 152 cm³/mol. The van der Waals surface area contributed by atoms with Crippen LogP contribution in [0.25, 0.3) is 22.3 Å². The number of H-pyrrole nitrogens is 1. The quantitative estimate of drug-likeness (QED) is 0.188. The molecule has 0 spiro atoms. The second kappa shape index (κ2) is 13.8. The molecule has 1 fully saturated rings. The number of aromatic amines is 1. The Hall–Kier alpha value is -3.83. The highest BCUT2D eigenvalue weighted by Crippen LogP contribution is 2.29. The van der Waals surface area contributed by atoms with Crippen LogP contribution in [0.3, 0.4) is 0 Å². The third-order valence-electron chi connectivity index (χ3n) is 7.07. The molecule has 10 nitrogen and oxygen atoms in total. The minimum atomic E-state index is -0.140. The van der Waals surface area contributed by atoms with Gasteiger partial charge in [-0.2, -0.15) is 0 Å². The molecule has 2 aromatic heterocycles. The number of piperazine rings is 1. The number of anilines is 1. The van der Waals surface area contributed by atoms with Crippen molar-refractivity contribution in [3.05, 3.63) is 78.1 Å². The summed E-state index contributed by atoms with van der Waals surface area (Å²) in [7, 11) is 1.44. The highest BCUT2D eigenvalue weighted by atomic mass is 16.5. The van der Waals surface area contributed by atoms with E-state index < -0.39 is 0 Å². The third-order valence-corrected chi connectivity index (χ3v) is 7.07. The SMILES string of the molecule is COC(=O)CCN1CCN(Cc2ccc(-c3cc4c(N[C@H](C)c5ccccc5)ncnc4[nH]3)cc2)CC1.NO.